The summed E-state index contributed by atoms with van der Waals surface area (Å²) in [6.07, 6.45) is 0.338. The summed E-state index contributed by atoms with van der Waals surface area (Å²) in [7, 11) is 0. The molecule has 0 saturated heterocycles. The summed E-state index contributed by atoms with van der Waals surface area (Å²) in [6.45, 7) is 3.36. The van der Waals surface area contributed by atoms with E-state index >= 15 is 0 Å². The number of aromatic nitrogens is 3. The van der Waals surface area contributed by atoms with E-state index in [9.17, 15) is 18.7 Å². The van der Waals surface area contributed by atoms with Gasteiger partial charge in [0.2, 0.25) is 6.29 Å². The van der Waals surface area contributed by atoms with Crippen LogP contribution in [0.25, 0.3) is 5.69 Å². The Bertz CT molecular complexity index is 1120. The van der Waals surface area contributed by atoms with Gasteiger partial charge in [-0.2, -0.15) is 0 Å². The lowest BCUT2D eigenvalue weighted by molar-refractivity contribution is -0.0258. The lowest BCUT2D eigenvalue weighted by Gasteiger charge is -2.18. The van der Waals surface area contributed by atoms with E-state index in [2.05, 4.69) is 9.97 Å². The molecule has 3 aromatic heterocycles. The molecule has 1 unspecified atom stereocenters. The highest BCUT2D eigenvalue weighted by atomic mass is 35.5. The van der Waals surface area contributed by atoms with Crippen LogP contribution in [0.3, 0.4) is 0 Å². The molecule has 3 rings (SSSR count). The third-order valence-electron chi connectivity index (χ3n) is 3.89. The minimum absolute atomic E-state index is 0.184. The number of aliphatic hydroxyl groups excluding tert-OH is 1. The molecule has 1 N–H and O–H groups in total. The fraction of sp³-hybridized carbons (Fsp3) is 0.167. The van der Waals surface area contributed by atoms with Crippen LogP contribution in [0.5, 0.6) is 5.75 Å². The Morgan fingerprint density at radius 2 is 1.86 bits per heavy atom. The van der Waals surface area contributed by atoms with E-state index in [0.29, 0.717) is 23.0 Å². The van der Waals surface area contributed by atoms with Crippen molar-refractivity contribution >= 4 is 23.2 Å². The SMILES string of the molecule is Cc1cnc(Cl)cc1-n1c(C)cc(OC(O)c2ncc(F)cc2F)c(Cl)c1=O. The maximum absolute atomic E-state index is 13.8. The minimum atomic E-state index is -1.90. The fourth-order valence-corrected chi connectivity index (χ4v) is 2.91. The van der Waals surface area contributed by atoms with Crippen molar-refractivity contribution in [2.45, 2.75) is 20.1 Å². The van der Waals surface area contributed by atoms with Gasteiger partial charge in [-0.15, -0.1) is 0 Å². The van der Waals surface area contributed by atoms with Crippen molar-refractivity contribution in [3.05, 3.63) is 79.7 Å². The van der Waals surface area contributed by atoms with Crippen molar-refractivity contribution in [1.29, 1.82) is 0 Å². The molecule has 1 atom stereocenters. The van der Waals surface area contributed by atoms with Gasteiger partial charge in [0.15, 0.2) is 5.82 Å². The van der Waals surface area contributed by atoms with Crippen LogP contribution in [-0.4, -0.2) is 19.6 Å². The fourth-order valence-electron chi connectivity index (χ4n) is 2.58. The average Bonchev–Trinajstić information content (AvgIpc) is 2.62. The van der Waals surface area contributed by atoms with E-state index in [1.165, 1.54) is 22.9 Å². The maximum atomic E-state index is 13.8. The third-order valence-corrected chi connectivity index (χ3v) is 4.45. The molecule has 3 heterocycles. The van der Waals surface area contributed by atoms with E-state index in [-0.39, 0.29) is 15.9 Å². The zero-order valence-electron chi connectivity index (χ0n) is 14.6. The molecule has 0 aromatic carbocycles. The van der Waals surface area contributed by atoms with Gasteiger partial charge in [-0.25, -0.2) is 18.7 Å². The summed E-state index contributed by atoms with van der Waals surface area (Å²) >= 11 is 12.0. The minimum Gasteiger partial charge on any atom is -0.457 e. The number of aryl methyl sites for hydroxylation is 2. The van der Waals surface area contributed by atoms with Crippen molar-refractivity contribution in [1.82, 2.24) is 14.5 Å². The quantitative estimate of drug-likeness (QED) is 0.504. The lowest BCUT2D eigenvalue weighted by Crippen LogP contribution is -2.23. The van der Waals surface area contributed by atoms with Crippen molar-refractivity contribution < 1.29 is 18.6 Å². The van der Waals surface area contributed by atoms with Gasteiger partial charge in [0.1, 0.15) is 27.4 Å². The van der Waals surface area contributed by atoms with Crippen LogP contribution in [-0.2, 0) is 0 Å². The van der Waals surface area contributed by atoms with Crippen LogP contribution in [0, 0.1) is 25.5 Å². The van der Waals surface area contributed by atoms with Gasteiger partial charge in [-0.3, -0.25) is 9.36 Å². The largest absolute Gasteiger partial charge is 0.457 e. The van der Waals surface area contributed by atoms with E-state index < -0.39 is 29.2 Å². The van der Waals surface area contributed by atoms with Gasteiger partial charge in [-0.05, 0) is 25.5 Å². The molecule has 0 radical (unpaired) electrons. The molecule has 0 aliphatic carbocycles. The van der Waals surface area contributed by atoms with Gasteiger partial charge in [-0.1, -0.05) is 23.2 Å². The Hall–Kier alpha value is -2.55. The van der Waals surface area contributed by atoms with E-state index in [4.69, 9.17) is 27.9 Å². The number of hydrogen-bond donors (Lipinski definition) is 1. The van der Waals surface area contributed by atoms with E-state index in [0.717, 1.165) is 6.20 Å². The summed E-state index contributed by atoms with van der Waals surface area (Å²) in [5, 5.41) is 9.92. The molecule has 6 nitrogen and oxygen atoms in total. The van der Waals surface area contributed by atoms with Gasteiger partial charge in [0.05, 0.1) is 11.9 Å². The summed E-state index contributed by atoms with van der Waals surface area (Å²) in [5.41, 5.74) is 0.382. The lowest BCUT2D eigenvalue weighted by atomic mass is 10.2. The third kappa shape index (κ3) is 3.84. The zero-order chi connectivity index (χ0) is 20.6. The van der Waals surface area contributed by atoms with Gasteiger partial charge >= 0.3 is 0 Å². The van der Waals surface area contributed by atoms with Crippen LogP contribution in [0.2, 0.25) is 10.2 Å². The predicted octanol–water partition coefficient (Wildman–Crippen LogP) is 3.90. The highest BCUT2D eigenvalue weighted by molar-refractivity contribution is 6.32. The molecule has 0 amide bonds. The Labute approximate surface area is 168 Å². The zero-order valence-corrected chi connectivity index (χ0v) is 16.1. The Balaban J connectivity index is 2.03. The number of nitrogens with zero attached hydrogens (tertiary/aromatic N) is 3. The average molecular weight is 428 g/mol. The predicted molar refractivity (Wildman–Crippen MR) is 99.1 cm³/mol. The van der Waals surface area contributed by atoms with Crippen LogP contribution >= 0.6 is 23.2 Å². The second-order valence-electron chi connectivity index (χ2n) is 5.89. The molecule has 0 bridgehead atoms. The molecule has 0 fully saturated rings. The van der Waals surface area contributed by atoms with E-state index in [1.807, 2.05) is 0 Å². The highest BCUT2D eigenvalue weighted by Gasteiger charge is 2.21. The number of pyridine rings is 3. The summed E-state index contributed by atoms with van der Waals surface area (Å²) in [5.74, 6) is -2.19. The van der Waals surface area contributed by atoms with Crippen molar-refractivity contribution in [2.24, 2.45) is 0 Å². The summed E-state index contributed by atoms with van der Waals surface area (Å²) in [4.78, 5) is 20.2. The second kappa shape index (κ2) is 7.83. The number of halogens is 4. The van der Waals surface area contributed by atoms with Crippen LogP contribution in [0.4, 0.5) is 8.78 Å². The summed E-state index contributed by atoms with van der Waals surface area (Å²) in [6, 6.07) is 3.45. The second-order valence-corrected chi connectivity index (χ2v) is 6.65. The Morgan fingerprint density at radius 1 is 1.14 bits per heavy atom. The molecule has 146 valence electrons. The number of ether oxygens (including phenoxy) is 1. The van der Waals surface area contributed by atoms with Crippen molar-refractivity contribution in [2.75, 3.05) is 0 Å². The normalized spacial score (nSPS) is 12.1. The molecule has 10 heteroatoms. The first kappa shape index (κ1) is 20.2. The molecule has 0 spiro atoms. The highest BCUT2D eigenvalue weighted by Crippen LogP contribution is 2.29. The van der Waals surface area contributed by atoms with Crippen molar-refractivity contribution in [3.63, 3.8) is 0 Å². The van der Waals surface area contributed by atoms with Gasteiger partial charge in [0.25, 0.3) is 5.56 Å². The molecule has 3 aromatic rings. The first-order valence-corrected chi connectivity index (χ1v) is 8.65. The Morgan fingerprint density at radius 3 is 2.54 bits per heavy atom. The molecule has 28 heavy (non-hydrogen) atoms. The number of rotatable bonds is 4. The molecule has 0 aliphatic rings. The molecule has 0 saturated carbocycles. The van der Waals surface area contributed by atoms with Gasteiger partial charge < -0.3 is 9.84 Å². The van der Waals surface area contributed by atoms with Crippen LogP contribution in [0.1, 0.15) is 23.2 Å². The van der Waals surface area contributed by atoms with Crippen LogP contribution < -0.4 is 10.3 Å². The summed E-state index contributed by atoms with van der Waals surface area (Å²) < 4.78 is 33.3. The standard InChI is InChI=1S/C18H13Cl2F2N3O3/c1-8-6-23-14(19)5-12(8)25-9(2)3-13(15(20)17(25)26)28-18(27)16-11(22)4-10(21)7-24-16/h3-7,18,27H,1-2H3. The maximum Gasteiger partial charge on any atom is 0.277 e. The monoisotopic (exact) mass is 427 g/mol. The van der Waals surface area contributed by atoms with Crippen LogP contribution in [0.15, 0.2) is 35.4 Å². The Kier molecular flexibility index (Phi) is 5.64. The first-order chi connectivity index (χ1) is 13.2. The molecule has 0 aliphatic heterocycles. The molecular weight excluding hydrogens is 415 g/mol. The number of hydrogen-bond acceptors (Lipinski definition) is 5. The topological polar surface area (TPSA) is 77.2 Å². The van der Waals surface area contributed by atoms with Crippen molar-refractivity contribution in [3.8, 4) is 11.4 Å². The van der Waals surface area contributed by atoms with E-state index in [1.54, 1.807) is 13.8 Å². The van der Waals surface area contributed by atoms with Gasteiger partial charge in [0, 0.05) is 24.0 Å². The molecular formula is C18H13Cl2F2N3O3. The number of aliphatic hydroxyl groups is 1. The smallest absolute Gasteiger partial charge is 0.277 e. The first-order valence-electron chi connectivity index (χ1n) is 7.89.